The van der Waals surface area contributed by atoms with Gasteiger partial charge in [0.2, 0.25) is 0 Å². The van der Waals surface area contributed by atoms with E-state index in [9.17, 15) is 45.7 Å². The lowest BCUT2D eigenvalue weighted by atomic mass is 10.7. The van der Waals surface area contributed by atoms with Gasteiger partial charge < -0.3 is 109 Å². The van der Waals surface area contributed by atoms with Gasteiger partial charge in [0.25, 0.3) is 0 Å². The highest BCUT2D eigenvalue weighted by Gasteiger charge is 2.29. The van der Waals surface area contributed by atoms with E-state index >= 15 is 0 Å². The van der Waals surface area contributed by atoms with Crippen LogP contribution in [0.2, 0.25) is 0 Å². The first kappa shape index (κ1) is 62.4. The van der Waals surface area contributed by atoms with Crippen LogP contribution in [0.3, 0.4) is 0 Å². The summed E-state index contributed by atoms with van der Waals surface area (Å²) in [6.45, 7) is 1.19. The fourth-order valence-electron chi connectivity index (χ4n) is 1.20. The minimum atomic E-state index is -4.55. The second kappa shape index (κ2) is 24.8. The Bertz CT molecular complexity index is 1050. The second-order valence-electron chi connectivity index (χ2n) is 7.93. The van der Waals surface area contributed by atoms with E-state index in [1.54, 1.807) is 0 Å². The van der Waals surface area contributed by atoms with Crippen molar-refractivity contribution in [2.75, 3.05) is 42.6 Å². The highest BCUT2D eigenvalue weighted by Crippen LogP contribution is 2.54. The van der Waals surface area contributed by atoms with Gasteiger partial charge in [-0.2, -0.15) is 0 Å². The molecule has 0 amide bonds. The lowest BCUT2D eigenvalue weighted by molar-refractivity contribution is 0.352. The van der Waals surface area contributed by atoms with E-state index in [0.29, 0.717) is 13.1 Å². The Morgan fingerprint density at radius 2 is 0.286 bits per heavy atom. The van der Waals surface area contributed by atoms with Crippen LogP contribution < -0.4 is 11.5 Å². The van der Waals surface area contributed by atoms with E-state index in [2.05, 4.69) is 0 Å². The Kier molecular flexibility index (Phi) is 31.5. The molecule has 0 aromatic rings. The predicted octanol–water partition coefficient (Wildman–Crippen LogP) is -4.60. The molecule has 0 saturated carbocycles. The number of hydrogen-bond acceptors (Lipinski definition) is 12. The topological polar surface area (TPSA) is 627 Å². The van der Waals surface area contributed by atoms with Crippen molar-refractivity contribution in [2.45, 2.75) is 0 Å². The molecule has 0 bridgehead atoms. The molecule has 0 rings (SSSR count). The summed E-state index contributed by atoms with van der Waals surface area (Å²) in [5.74, 6) is -6.88. The van der Waals surface area contributed by atoms with Crippen LogP contribution in [-0.4, -0.2) is 140 Å². The number of hydrogen-bond donors (Lipinski definition) is 22. The molecule has 0 aliphatic rings. The normalized spacial score (nSPS) is 13.3. The van der Waals surface area contributed by atoms with Crippen molar-refractivity contribution in [1.82, 2.24) is 0 Å². The summed E-state index contributed by atoms with van der Waals surface area (Å²) < 4.78 is 98.5. The summed E-state index contributed by atoms with van der Waals surface area (Å²) in [5, 5.41) is 0. The summed E-state index contributed by atoms with van der Waals surface area (Å²) in [5.41, 5.74) is 9.81. The van der Waals surface area contributed by atoms with Crippen molar-refractivity contribution >= 4 is 76.0 Å². The molecule has 0 saturated heterocycles. The molecular weight excluding hydrogens is 902 g/mol. The Labute approximate surface area is 273 Å². The van der Waals surface area contributed by atoms with Gasteiger partial charge >= 0.3 is 76.0 Å². The molecule has 0 aliphatic heterocycles. The zero-order chi connectivity index (χ0) is 41.9. The first-order valence-electron chi connectivity index (χ1n) is 10.3. The van der Waals surface area contributed by atoms with Crippen LogP contribution in [0.4, 0.5) is 0 Å². The molecule has 0 radical (unpaired) electrons. The van der Waals surface area contributed by atoms with E-state index < -0.39 is 105 Å². The summed E-state index contributed by atoms with van der Waals surface area (Å²) in [6, 6.07) is 0. The van der Waals surface area contributed by atoms with E-state index in [1.807, 2.05) is 0 Å². The largest absolute Gasteiger partial charge is 0.337 e. The van der Waals surface area contributed by atoms with Crippen LogP contribution in [0, 0.1) is 0 Å². The second-order valence-corrected chi connectivity index (χ2v) is 26.9. The first-order valence-corrected chi connectivity index (χ1v) is 28.3. The molecule has 32 nitrogen and oxygen atoms in total. The molecule has 0 unspecified atom stereocenters. The fraction of sp³-hybridized carbons (Fsp3) is 1.00. The maximum absolute atomic E-state index is 9.85. The molecule has 0 fully saturated rings. The van der Waals surface area contributed by atoms with Gasteiger partial charge in [-0.1, -0.05) is 0 Å². The van der Waals surface area contributed by atoms with Gasteiger partial charge in [0.15, 0.2) is 29.5 Å². The molecule has 0 aromatic carbocycles. The summed E-state index contributed by atoms with van der Waals surface area (Å²) in [6.07, 6.45) is 0. The Hall–Kier alpha value is 1.42. The molecule has 49 heavy (non-hydrogen) atoms. The summed E-state index contributed by atoms with van der Waals surface area (Å²) in [7, 11) is -45.5. The SMILES string of the molecule is NCCN.O=P(O)(O)CP(=O)(O)O.O=P(O)(O)CP(=O)(O)O.O=P(O)(O)CP(=O)(O)O.O=P(O)(O)CP(=O)(O)O.O=P(O)(O)CP(=O)(O)O. The molecular formula is C7H38N2O30P10. The monoisotopic (exact) mass is 940 g/mol. The number of nitrogens with two attached hydrogens (primary N) is 2. The maximum Gasteiger partial charge on any atom is 0.337 e. The van der Waals surface area contributed by atoms with Crippen LogP contribution in [0.1, 0.15) is 0 Å². The van der Waals surface area contributed by atoms with Gasteiger partial charge in [0.05, 0.1) is 0 Å². The van der Waals surface area contributed by atoms with Crippen LogP contribution in [0.15, 0.2) is 0 Å². The molecule has 0 aliphatic carbocycles. The average Bonchev–Trinajstić information content (AvgIpc) is 2.54. The van der Waals surface area contributed by atoms with Crippen molar-refractivity contribution in [1.29, 1.82) is 0 Å². The zero-order valence-corrected chi connectivity index (χ0v) is 32.5. The van der Waals surface area contributed by atoms with Gasteiger partial charge in [-0.15, -0.1) is 0 Å². The van der Waals surface area contributed by atoms with Gasteiger partial charge in [-0.05, 0) is 0 Å². The van der Waals surface area contributed by atoms with E-state index in [4.69, 9.17) is 109 Å². The van der Waals surface area contributed by atoms with Crippen molar-refractivity contribution in [3.63, 3.8) is 0 Å². The van der Waals surface area contributed by atoms with E-state index in [1.165, 1.54) is 0 Å². The van der Waals surface area contributed by atoms with E-state index in [-0.39, 0.29) is 0 Å². The smallest absolute Gasteiger partial charge is 0.329 e. The molecule has 0 aromatic heterocycles. The number of rotatable bonds is 11. The third-order valence-corrected chi connectivity index (χ3v) is 16.7. The van der Waals surface area contributed by atoms with Crippen LogP contribution >= 0.6 is 76.0 Å². The minimum absolute atomic E-state index is 0.597. The Morgan fingerprint density at radius 3 is 0.286 bits per heavy atom. The third-order valence-electron chi connectivity index (χ3n) is 2.01. The molecule has 0 spiro atoms. The quantitative estimate of drug-likeness (QED) is 0.0867. The van der Waals surface area contributed by atoms with Crippen molar-refractivity contribution in [3.05, 3.63) is 0 Å². The molecule has 24 N–H and O–H groups in total. The van der Waals surface area contributed by atoms with Gasteiger partial charge in [-0.3, -0.25) is 45.7 Å². The Balaban J connectivity index is -0.000000115. The molecule has 0 atom stereocenters. The lowest BCUT2D eigenvalue weighted by Crippen LogP contribution is -2.11. The standard InChI is InChI=1S/C2H8N2.5CH6O6P2/c3-1-2-4;5*2-8(3,4)1-9(5,6)7/h1-4H2;5*1H2,(H2,2,3,4)(H2,5,6,7). The molecule has 42 heteroatoms. The van der Waals surface area contributed by atoms with Gasteiger partial charge in [0.1, 0.15) is 0 Å². The molecule has 306 valence electrons. The van der Waals surface area contributed by atoms with Crippen molar-refractivity contribution < 1.29 is 144 Å². The van der Waals surface area contributed by atoms with E-state index in [0.717, 1.165) is 0 Å². The Morgan fingerprint density at radius 1 is 0.224 bits per heavy atom. The fourth-order valence-corrected chi connectivity index (χ4v) is 10.8. The van der Waals surface area contributed by atoms with Crippen LogP contribution in [0.25, 0.3) is 0 Å². The third kappa shape index (κ3) is 106. The average molecular weight is 940 g/mol. The highest BCUT2D eigenvalue weighted by atomic mass is 31.3. The zero-order valence-electron chi connectivity index (χ0n) is 23.6. The molecule has 0 heterocycles. The van der Waals surface area contributed by atoms with Crippen LogP contribution in [0.5, 0.6) is 0 Å². The lowest BCUT2D eigenvalue weighted by Gasteiger charge is -2.03. The predicted molar refractivity (Wildman–Crippen MR) is 163 cm³/mol. The van der Waals surface area contributed by atoms with Crippen molar-refractivity contribution in [3.8, 4) is 0 Å². The maximum atomic E-state index is 9.85. The summed E-state index contributed by atoms with van der Waals surface area (Å²) >= 11 is 0. The summed E-state index contributed by atoms with van der Waals surface area (Å²) in [4.78, 5) is 159. The van der Waals surface area contributed by atoms with Crippen molar-refractivity contribution in [2.24, 2.45) is 11.5 Å². The minimum Gasteiger partial charge on any atom is -0.329 e. The van der Waals surface area contributed by atoms with Crippen LogP contribution in [-0.2, 0) is 45.7 Å². The first-order chi connectivity index (χ1) is 20.4. The van der Waals surface area contributed by atoms with Gasteiger partial charge in [-0.25, -0.2) is 0 Å². The highest BCUT2D eigenvalue weighted by molar-refractivity contribution is 7.71. The van der Waals surface area contributed by atoms with Gasteiger partial charge in [0, 0.05) is 13.1 Å².